The standard InChI is InChI=1S/C12H14O3S/c13-6-1-2-9-3-4-11(15-9)10-5-7-16-12(10)8-14/h3-5,7,13-14H,1-2,6,8H2. The van der Waals surface area contributed by atoms with Crippen molar-refractivity contribution in [2.24, 2.45) is 0 Å². The van der Waals surface area contributed by atoms with Gasteiger partial charge in [-0.2, -0.15) is 0 Å². The van der Waals surface area contributed by atoms with E-state index in [1.54, 1.807) is 0 Å². The van der Waals surface area contributed by atoms with Gasteiger partial charge >= 0.3 is 0 Å². The molecule has 2 rings (SSSR count). The lowest BCUT2D eigenvalue weighted by molar-refractivity contribution is 0.284. The molecule has 0 aromatic carbocycles. The Bertz CT molecular complexity index is 445. The topological polar surface area (TPSA) is 53.6 Å². The van der Waals surface area contributed by atoms with E-state index in [0.717, 1.165) is 28.4 Å². The smallest absolute Gasteiger partial charge is 0.135 e. The van der Waals surface area contributed by atoms with E-state index in [-0.39, 0.29) is 13.2 Å². The van der Waals surface area contributed by atoms with Gasteiger partial charge in [0.05, 0.1) is 6.61 Å². The van der Waals surface area contributed by atoms with E-state index in [0.29, 0.717) is 6.42 Å². The number of aliphatic hydroxyl groups excluding tert-OH is 2. The Morgan fingerprint density at radius 1 is 1.19 bits per heavy atom. The summed E-state index contributed by atoms with van der Waals surface area (Å²) in [6.07, 6.45) is 1.46. The zero-order valence-corrected chi connectivity index (χ0v) is 9.67. The first kappa shape index (κ1) is 11.4. The zero-order valence-electron chi connectivity index (χ0n) is 8.85. The van der Waals surface area contributed by atoms with Gasteiger partial charge in [0.2, 0.25) is 0 Å². The quantitative estimate of drug-likeness (QED) is 0.841. The fourth-order valence-corrected chi connectivity index (χ4v) is 2.33. The van der Waals surface area contributed by atoms with Crippen molar-refractivity contribution in [1.29, 1.82) is 0 Å². The first-order valence-corrected chi connectivity index (χ1v) is 6.10. The molecule has 16 heavy (non-hydrogen) atoms. The minimum atomic E-state index is 0.0413. The monoisotopic (exact) mass is 238 g/mol. The summed E-state index contributed by atoms with van der Waals surface area (Å²) < 4.78 is 5.66. The summed E-state index contributed by atoms with van der Waals surface area (Å²) in [6, 6.07) is 5.78. The number of thiophene rings is 1. The predicted molar refractivity (Wildman–Crippen MR) is 63.4 cm³/mol. The second kappa shape index (κ2) is 5.30. The molecule has 0 aliphatic heterocycles. The fourth-order valence-electron chi connectivity index (χ4n) is 1.59. The van der Waals surface area contributed by atoms with Crippen LogP contribution in [0.25, 0.3) is 11.3 Å². The highest BCUT2D eigenvalue weighted by atomic mass is 32.1. The molecule has 2 heterocycles. The third-order valence-electron chi connectivity index (χ3n) is 2.40. The largest absolute Gasteiger partial charge is 0.461 e. The van der Waals surface area contributed by atoms with E-state index in [9.17, 15) is 0 Å². The average Bonchev–Trinajstić information content (AvgIpc) is 2.94. The fraction of sp³-hybridized carbons (Fsp3) is 0.333. The van der Waals surface area contributed by atoms with Gasteiger partial charge in [-0.1, -0.05) is 0 Å². The minimum absolute atomic E-state index is 0.0413. The molecule has 0 aliphatic rings. The van der Waals surface area contributed by atoms with Gasteiger partial charge in [-0.05, 0) is 30.0 Å². The number of rotatable bonds is 5. The second-order valence-electron chi connectivity index (χ2n) is 3.51. The maximum absolute atomic E-state index is 9.15. The maximum atomic E-state index is 9.15. The summed E-state index contributed by atoms with van der Waals surface area (Å²) in [6.45, 7) is 0.218. The van der Waals surface area contributed by atoms with Crippen LogP contribution in [0.3, 0.4) is 0 Å². The van der Waals surface area contributed by atoms with Crippen molar-refractivity contribution < 1.29 is 14.6 Å². The van der Waals surface area contributed by atoms with Crippen LogP contribution in [0.1, 0.15) is 17.1 Å². The summed E-state index contributed by atoms with van der Waals surface area (Å²) in [4.78, 5) is 0.919. The first-order valence-electron chi connectivity index (χ1n) is 5.22. The number of hydrogen-bond acceptors (Lipinski definition) is 4. The van der Waals surface area contributed by atoms with Gasteiger partial charge in [0.1, 0.15) is 11.5 Å². The van der Waals surface area contributed by atoms with Crippen LogP contribution < -0.4 is 0 Å². The summed E-state index contributed by atoms with van der Waals surface area (Å²) >= 11 is 1.52. The maximum Gasteiger partial charge on any atom is 0.135 e. The van der Waals surface area contributed by atoms with Crippen LogP contribution in [0.15, 0.2) is 28.0 Å². The molecule has 2 aromatic heterocycles. The third kappa shape index (κ3) is 2.35. The van der Waals surface area contributed by atoms with Gasteiger partial charge in [0.25, 0.3) is 0 Å². The summed E-state index contributed by atoms with van der Waals surface area (Å²) in [7, 11) is 0. The Kier molecular flexibility index (Phi) is 3.77. The molecule has 0 spiro atoms. The van der Waals surface area contributed by atoms with Crippen molar-refractivity contribution >= 4 is 11.3 Å². The van der Waals surface area contributed by atoms with Gasteiger partial charge in [-0.25, -0.2) is 0 Å². The van der Waals surface area contributed by atoms with Crippen molar-refractivity contribution in [3.05, 3.63) is 34.2 Å². The van der Waals surface area contributed by atoms with Crippen molar-refractivity contribution in [1.82, 2.24) is 0 Å². The molecule has 0 atom stereocenters. The van der Waals surface area contributed by atoms with Crippen molar-refractivity contribution in [2.75, 3.05) is 6.61 Å². The van der Waals surface area contributed by atoms with E-state index in [4.69, 9.17) is 14.6 Å². The molecule has 0 amide bonds. The van der Waals surface area contributed by atoms with Crippen molar-refractivity contribution in [3.8, 4) is 11.3 Å². The Morgan fingerprint density at radius 3 is 2.81 bits per heavy atom. The van der Waals surface area contributed by atoms with Gasteiger partial charge < -0.3 is 14.6 Å². The second-order valence-corrected chi connectivity index (χ2v) is 4.51. The summed E-state index contributed by atoms with van der Waals surface area (Å²) in [5.74, 6) is 1.66. The van der Waals surface area contributed by atoms with Crippen LogP contribution in [0.5, 0.6) is 0 Å². The molecule has 0 radical (unpaired) electrons. The van der Waals surface area contributed by atoms with Gasteiger partial charge in [0, 0.05) is 23.5 Å². The van der Waals surface area contributed by atoms with Crippen LogP contribution >= 0.6 is 11.3 Å². The molecule has 86 valence electrons. The molecule has 3 nitrogen and oxygen atoms in total. The zero-order chi connectivity index (χ0) is 11.4. The molecule has 0 fully saturated rings. The van der Waals surface area contributed by atoms with Crippen LogP contribution in [-0.2, 0) is 13.0 Å². The van der Waals surface area contributed by atoms with E-state index >= 15 is 0 Å². The van der Waals surface area contributed by atoms with Crippen LogP contribution in [0.4, 0.5) is 0 Å². The Morgan fingerprint density at radius 2 is 2.06 bits per heavy atom. The molecule has 2 aromatic rings. The van der Waals surface area contributed by atoms with Gasteiger partial charge in [-0.3, -0.25) is 0 Å². The lowest BCUT2D eigenvalue weighted by Crippen LogP contribution is -1.86. The number of aryl methyl sites for hydroxylation is 1. The van der Waals surface area contributed by atoms with Gasteiger partial charge in [0.15, 0.2) is 0 Å². The van der Waals surface area contributed by atoms with E-state index in [1.165, 1.54) is 11.3 Å². The Labute approximate surface area is 98.0 Å². The highest BCUT2D eigenvalue weighted by Crippen LogP contribution is 2.30. The van der Waals surface area contributed by atoms with E-state index in [1.807, 2.05) is 23.6 Å². The Balaban J connectivity index is 2.18. The number of hydrogen-bond donors (Lipinski definition) is 2. The molecule has 0 bridgehead atoms. The highest BCUT2D eigenvalue weighted by molar-refractivity contribution is 7.10. The van der Waals surface area contributed by atoms with E-state index in [2.05, 4.69) is 0 Å². The average molecular weight is 238 g/mol. The molecule has 4 heteroatoms. The molecule has 0 saturated heterocycles. The summed E-state index contributed by atoms with van der Waals surface area (Å²) in [5.41, 5.74) is 0.961. The molecular weight excluding hydrogens is 224 g/mol. The van der Waals surface area contributed by atoms with Crippen molar-refractivity contribution in [3.63, 3.8) is 0 Å². The van der Waals surface area contributed by atoms with Crippen molar-refractivity contribution in [2.45, 2.75) is 19.4 Å². The van der Waals surface area contributed by atoms with Crippen LogP contribution in [-0.4, -0.2) is 16.8 Å². The highest BCUT2D eigenvalue weighted by Gasteiger charge is 2.10. The lowest BCUT2D eigenvalue weighted by atomic mass is 10.2. The molecular formula is C12H14O3S. The molecule has 0 aliphatic carbocycles. The van der Waals surface area contributed by atoms with Crippen LogP contribution in [0.2, 0.25) is 0 Å². The predicted octanol–water partition coefficient (Wildman–Crippen LogP) is 2.43. The lowest BCUT2D eigenvalue weighted by Gasteiger charge is -1.97. The van der Waals surface area contributed by atoms with E-state index < -0.39 is 0 Å². The Hall–Kier alpha value is -1.10. The molecule has 2 N–H and O–H groups in total. The number of furan rings is 1. The third-order valence-corrected chi connectivity index (χ3v) is 3.30. The summed E-state index contributed by atoms with van der Waals surface area (Å²) in [5, 5.41) is 19.8. The normalized spacial score (nSPS) is 10.9. The van der Waals surface area contributed by atoms with Crippen LogP contribution in [0, 0.1) is 0 Å². The van der Waals surface area contributed by atoms with Gasteiger partial charge in [-0.15, -0.1) is 11.3 Å². The first-order chi connectivity index (χ1) is 7.85. The molecule has 0 unspecified atom stereocenters. The molecule has 0 saturated carbocycles. The number of aliphatic hydroxyl groups is 2. The minimum Gasteiger partial charge on any atom is -0.461 e. The SMILES string of the molecule is OCCCc1ccc(-c2ccsc2CO)o1.